The van der Waals surface area contributed by atoms with E-state index in [-0.39, 0.29) is 18.7 Å². The summed E-state index contributed by atoms with van der Waals surface area (Å²) in [5, 5.41) is 22.6. The average Bonchev–Trinajstić information content (AvgIpc) is 2.70. The van der Waals surface area contributed by atoms with Crippen LogP contribution in [0.4, 0.5) is 4.79 Å². The van der Waals surface area contributed by atoms with Crippen LogP contribution in [0.5, 0.6) is 5.88 Å². The fourth-order valence-corrected chi connectivity index (χ4v) is 4.19. The SMILES string of the molecule is COc1ccc2ncc(=O)n(CC(O)C34CCC(NC(=O)O)(CC3)CO4)c2n1. The topological polar surface area (TPSA) is 136 Å². The number of methoxy groups -OCH3 is 1. The number of nitrogens with one attached hydrogen (secondary N) is 1. The first-order valence-electron chi connectivity index (χ1n) is 9.10. The summed E-state index contributed by atoms with van der Waals surface area (Å²) in [6, 6.07) is 3.35. The number of rotatable bonds is 5. The standard InChI is InChI=1S/C18H22N4O6/c1-27-13-3-2-11-15(20-13)22(14(24)8-19-11)9-12(23)18-6-4-17(5-7-18,10-28-18)21-16(25)26/h2-3,8,12,21,23H,4-7,9-10H2,1H3,(H,25,26). The zero-order valence-corrected chi connectivity index (χ0v) is 15.4. The van der Waals surface area contributed by atoms with E-state index in [0.717, 1.165) is 0 Å². The Balaban J connectivity index is 1.60. The maximum Gasteiger partial charge on any atom is 0.405 e. The van der Waals surface area contributed by atoms with Gasteiger partial charge in [-0.1, -0.05) is 0 Å². The number of aromatic nitrogens is 3. The van der Waals surface area contributed by atoms with Crippen molar-refractivity contribution in [2.75, 3.05) is 13.7 Å². The third-order valence-electron chi connectivity index (χ3n) is 5.90. The minimum atomic E-state index is -1.08. The lowest BCUT2D eigenvalue weighted by Gasteiger charge is -2.54. The number of hydrogen-bond donors (Lipinski definition) is 3. The molecule has 3 N–H and O–H groups in total. The van der Waals surface area contributed by atoms with Gasteiger partial charge >= 0.3 is 6.09 Å². The number of aliphatic hydroxyl groups excluding tert-OH is 1. The molecular formula is C18H22N4O6. The molecule has 3 aliphatic rings. The lowest BCUT2D eigenvalue weighted by atomic mass is 9.69. The van der Waals surface area contributed by atoms with Gasteiger partial charge in [0, 0.05) is 6.07 Å². The van der Waals surface area contributed by atoms with E-state index in [1.165, 1.54) is 17.9 Å². The van der Waals surface area contributed by atoms with Crippen LogP contribution in [-0.2, 0) is 11.3 Å². The van der Waals surface area contributed by atoms with Gasteiger partial charge in [-0.3, -0.25) is 9.36 Å². The van der Waals surface area contributed by atoms with Crippen LogP contribution in [0.2, 0.25) is 0 Å². The second-order valence-electron chi connectivity index (χ2n) is 7.48. The van der Waals surface area contributed by atoms with Gasteiger partial charge in [0.05, 0.1) is 37.6 Å². The predicted molar refractivity (Wildman–Crippen MR) is 97.4 cm³/mol. The van der Waals surface area contributed by atoms with Crippen molar-refractivity contribution in [1.82, 2.24) is 19.9 Å². The van der Waals surface area contributed by atoms with Gasteiger partial charge in [-0.25, -0.2) is 9.78 Å². The zero-order valence-electron chi connectivity index (χ0n) is 15.4. The summed E-state index contributed by atoms with van der Waals surface area (Å²) in [6.45, 7) is 0.200. The number of carboxylic acid groups (broad SMARTS) is 1. The summed E-state index contributed by atoms with van der Waals surface area (Å²) in [4.78, 5) is 31.9. The quantitative estimate of drug-likeness (QED) is 0.672. The highest BCUT2D eigenvalue weighted by molar-refractivity contribution is 5.70. The smallest absolute Gasteiger partial charge is 0.405 e. The Morgan fingerprint density at radius 1 is 1.39 bits per heavy atom. The van der Waals surface area contributed by atoms with Crippen molar-refractivity contribution in [3.8, 4) is 5.88 Å². The summed E-state index contributed by atoms with van der Waals surface area (Å²) in [7, 11) is 1.48. The van der Waals surface area contributed by atoms with Gasteiger partial charge in [-0.2, -0.15) is 4.98 Å². The molecule has 28 heavy (non-hydrogen) atoms. The molecule has 5 rings (SSSR count). The van der Waals surface area contributed by atoms with Gasteiger partial charge in [-0.05, 0) is 31.7 Å². The summed E-state index contributed by atoms with van der Waals surface area (Å²) in [5.41, 5.74) is -0.936. The molecule has 3 fully saturated rings. The minimum absolute atomic E-state index is 0.00260. The van der Waals surface area contributed by atoms with Crippen molar-refractivity contribution in [3.05, 3.63) is 28.7 Å². The molecule has 2 aromatic heterocycles. The molecule has 1 aliphatic carbocycles. The van der Waals surface area contributed by atoms with Crippen LogP contribution >= 0.6 is 0 Å². The van der Waals surface area contributed by atoms with Gasteiger partial charge in [-0.15, -0.1) is 0 Å². The van der Waals surface area contributed by atoms with Crippen LogP contribution in [0.3, 0.4) is 0 Å². The lowest BCUT2D eigenvalue weighted by Crippen LogP contribution is -2.66. The van der Waals surface area contributed by atoms with Crippen LogP contribution in [0.1, 0.15) is 25.7 Å². The first-order chi connectivity index (χ1) is 13.4. The molecule has 2 saturated heterocycles. The number of amides is 1. The van der Waals surface area contributed by atoms with Crippen LogP contribution < -0.4 is 15.6 Å². The van der Waals surface area contributed by atoms with E-state index in [9.17, 15) is 14.7 Å². The molecule has 1 atom stereocenters. The molecular weight excluding hydrogens is 368 g/mol. The summed E-state index contributed by atoms with van der Waals surface area (Å²) in [6.07, 6.45) is 1.33. The maximum absolute atomic E-state index is 12.4. The van der Waals surface area contributed by atoms with Crippen molar-refractivity contribution in [1.29, 1.82) is 0 Å². The average molecular weight is 390 g/mol. The third kappa shape index (κ3) is 3.08. The Bertz CT molecular complexity index is 950. The molecule has 10 nitrogen and oxygen atoms in total. The van der Waals surface area contributed by atoms with E-state index in [4.69, 9.17) is 14.6 Å². The van der Waals surface area contributed by atoms with Crippen LogP contribution in [0.25, 0.3) is 11.2 Å². The Labute approximate surface area is 160 Å². The molecule has 0 aromatic carbocycles. The highest BCUT2D eigenvalue weighted by atomic mass is 16.5. The second kappa shape index (κ2) is 6.71. The molecule has 1 saturated carbocycles. The van der Waals surface area contributed by atoms with Gasteiger partial charge in [0.2, 0.25) is 5.88 Å². The minimum Gasteiger partial charge on any atom is -0.481 e. The number of nitrogens with zero attached hydrogens (tertiary/aromatic N) is 3. The van der Waals surface area contributed by atoms with E-state index in [1.807, 2.05) is 0 Å². The molecule has 2 aliphatic heterocycles. The number of ether oxygens (including phenoxy) is 2. The largest absolute Gasteiger partial charge is 0.481 e. The lowest BCUT2D eigenvalue weighted by molar-refractivity contribution is -0.209. The Hall–Kier alpha value is -2.72. The summed E-state index contributed by atoms with van der Waals surface area (Å²) >= 11 is 0. The van der Waals surface area contributed by atoms with E-state index in [2.05, 4.69) is 15.3 Å². The van der Waals surface area contributed by atoms with Gasteiger partial charge < -0.3 is 25.0 Å². The fourth-order valence-electron chi connectivity index (χ4n) is 4.19. The number of pyridine rings is 1. The van der Waals surface area contributed by atoms with Crippen molar-refractivity contribution in [2.24, 2.45) is 0 Å². The first-order valence-corrected chi connectivity index (χ1v) is 9.10. The molecule has 10 heteroatoms. The van der Waals surface area contributed by atoms with Crippen molar-refractivity contribution in [2.45, 2.75) is 49.5 Å². The van der Waals surface area contributed by atoms with Crippen molar-refractivity contribution in [3.63, 3.8) is 0 Å². The highest BCUT2D eigenvalue weighted by Crippen LogP contribution is 2.45. The van der Waals surface area contributed by atoms with E-state index in [0.29, 0.717) is 42.7 Å². The number of aliphatic hydroxyl groups is 1. The maximum atomic E-state index is 12.4. The van der Waals surface area contributed by atoms with Crippen LogP contribution in [-0.4, -0.2) is 61.8 Å². The molecule has 1 amide bonds. The summed E-state index contributed by atoms with van der Waals surface area (Å²) < 4.78 is 12.5. The second-order valence-corrected chi connectivity index (χ2v) is 7.48. The van der Waals surface area contributed by atoms with Crippen molar-refractivity contribution < 1.29 is 24.5 Å². The summed E-state index contributed by atoms with van der Waals surface area (Å²) in [5.74, 6) is 0.345. The van der Waals surface area contributed by atoms with Crippen molar-refractivity contribution >= 4 is 17.3 Å². The van der Waals surface area contributed by atoms with Gasteiger partial charge in [0.1, 0.15) is 11.6 Å². The number of hydrogen-bond acceptors (Lipinski definition) is 7. The third-order valence-corrected chi connectivity index (χ3v) is 5.90. The molecule has 2 aromatic rings. The molecule has 150 valence electrons. The Kier molecular flexibility index (Phi) is 4.47. The molecule has 1 unspecified atom stereocenters. The molecule has 2 bridgehead atoms. The Morgan fingerprint density at radius 2 is 2.14 bits per heavy atom. The molecule has 0 radical (unpaired) electrons. The van der Waals surface area contributed by atoms with Gasteiger partial charge in [0.15, 0.2) is 5.65 Å². The molecule has 0 spiro atoms. The van der Waals surface area contributed by atoms with E-state index in [1.54, 1.807) is 12.1 Å². The highest BCUT2D eigenvalue weighted by Gasteiger charge is 2.53. The monoisotopic (exact) mass is 390 g/mol. The normalized spacial score (nSPS) is 27.5. The predicted octanol–water partition coefficient (Wildman–Crippen LogP) is 0.510. The number of carbonyl (C=O) groups is 1. The zero-order chi connectivity index (χ0) is 19.9. The fraction of sp³-hybridized carbons (Fsp3) is 0.556. The van der Waals surface area contributed by atoms with Crippen LogP contribution in [0.15, 0.2) is 23.1 Å². The number of fused-ring (bicyclic) bond motifs is 4. The van der Waals surface area contributed by atoms with Crippen LogP contribution in [0, 0.1) is 0 Å². The molecule has 4 heterocycles. The van der Waals surface area contributed by atoms with Gasteiger partial charge in [0.25, 0.3) is 5.56 Å². The van der Waals surface area contributed by atoms with E-state index >= 15 is 0 Å². The first kappa shape index (κ1) is 18.6. The van der Waals surface area contributed by atoms with E-state index < -0.39 is 23.3 Å². The Morgan fingerprint density at radius 3 is 2.75 bits per heavy atom.